The third kappa shape index (κ3) is 1.93. The van der Waals surface area contributed by atoms with E-state index in [4.69, 9.17) is 15.6 Å². The van der Waals surface area contributed by atoms with Gasteiger partial charge in [-0.2, -0.15) is 0 Å². The Kier molecular flexibility index (Phi) is 3.20. The first-order valence-electron chi connectivity index (χ1n) is 5.67. The molecule has 0 aromatic rings. The molecule has 0 aromatic heterocycles. The topological polar surface area (TPSA) is 99.2 Å². The molecule has 6 heteroatoms. The molecule has 0 spiro atoms. The Balaban J connectivity index is 2.25. The summed E-state index contributed by atoms with van der Waals surface area (Å²) in [6, 6.07) is 0. The van der Waals surface area contributed by atoms with Gasteiger partial charge in [-0.25, -0.2) is 0 Å². The molecule has 2 heterocycles. The summed E-state index contributed by atoms with van der Waals surface area (Å²) in [6.45, 7) is 4.91. The molecular formula is C12H18N2O4. The average Bonchev–Trinajstić information content (AvgIpc) is 2.52. The van der Waals surface area contributed by atoms with Crippen LogP contribution in [-0.4, -0.2) is 50.9 Å². The first-order chi connectivity index (χ1) is 8.37. The summed E-state index contributed by atoms with van der Waals surface area (Å²) in [5.74, 6) is 0. The highest BCUT2D eigenvalue weighted by Crippen LogP contribution is 2.35. The molecule has 2 rings (SSSR count). The van der Waals surface area contributed by atoms with Crippen molar-refractivity contribution < 1.29 is 20.1 Å². The van der Waals surface area contributed by atoms with Crippen molar-refractivity contribution in [3.05, 3.63) is 36.3 Å². The van der Waals surface area contributed by atoms with Gasteiger partial charge in [0, 0.05) is 17.6 Å². The summed E-state index contributed by atoms with van der Waals surface area (Å²) in [5, 5.41) is 29.3. The fourth-order valence-corrected chi connectivity index (χ4v) is 2.20. The molecule has 2 aliphatic heterocycles. The van der Waals surface area contributed by atoms with Crippen LogP contribution in [0.2, 0.25) is 0 Å². The highest BCUT2D eigenvalue weighted by Gasteiger charge is 2.54. The zero-order valence-corrected chi connectivity index (χ0v) is 10.2. The lowest BCUT2D eigenvalue weighted by molar-refractivity contribution is -0.109. The third-order valence-electron chi connectivity index (χ3n) is 3.28. The molecule has 4 atom stereocenters. The zero-order valence-electron chi connectivity index (χ0n) is 10.2. The minimum Gasteiger partial charge on any atom is -0.399 e. The van der Waals surface area contributed by atoms with E-state index in [0.29, 0.717) is 11.4 Å². The highest BCUT2D eigenvalue weighted by molar-refractivity contribution is 5.32. The van der Waals surface area contributed by atoms with Crippen LogP contribution in [0.1, 0.15) is 6.92 Å². The number of hydrogen-bond donors (Lipinski definition) is 4. The Morgan fingerprint density at radius 2 is 2.28 bits per heavy atom. The predicted molar refractivity (Wildman–Crippen MR) is 64.8 cm³/mol. The standard InChI is InChI=1S/C12H18N2O4/c1-7-5-8(13)3-4-14(7)11-12(2,17)10(16)9(6-15)18-11/h3-5,9-11,15-17H,1,6,13H2,2H3/t9-,10?,11-,12-/m1/s1. The molecule has 100 valence electrons. The number of rotatable bonds is 2. The predicted octanol–water partition coefficient (Wildman–Crippen LogP) is -0.999. The molecule has 0 aromatic carbocycles. The fraction of sp³-hybridized carbons (Fsp3) is 0.500. The minimum atomic E-state index is -1.51. The van der Waals surface area contributed by atoms with Crippen LogP contribution < -0.4 is 5.73 Å². The van der Waals surface area contributed by atoms with Crippen molar-refractivity contribution in [3.8, 4) is 0 Å². The van der Waals surface area contributed by atoms with Gasteiger partial charge in [0.25, 0.3) is 0 Å². The van der Waals surface area contributed by atoms with Crippen molar-refractivity contribution in [1.29, 1.82) is 0 Å². The van der Waals surface area contributed by atoms with Crippen LogP contribution in [0.3, 0.4) is 0 Å². The molecule has 0 bridgehead atoms. The van der Waals surface area contributed by atoms with E-state index in [1.54, 1.807) is 23.3 Å². The maximum atomic E-state index is 10.3. The molecule has 0 saturated carbocycles. The maximum Gasteiger partial charge on any atom is 0.165 e. The number of ether oxygens (including phenoxy) is 1. The second-order valence-corrected chi connectivity index (χ2v) is 4.74. The lowest BCUT2D eigenvalue weighted by Gasteiger charge is -2.36. The SMILES string of the molecule is C=C1C=C(N)C=CN1[C@@H]1O[C@H](CO)C(O)[C@@]1(C)O. The van der Waals surface area contributed by atoms with Crippen molar-refractivity contribution in [2.24, 2.45) is 5.73 Å². The van der Waals surface area contributed by atoms with Crippen molar-refractivity contribution in [1.82, 2.24) is 4.90 Å². The number of aliphatic hydroxyl groups is 3. The Morgan fingerprint density at radius 3 is 2.78 bits per heavy atom. The molecule has 2 aliphatic rings. The van der Waals surface area contributed by atoms with E-state index in [2.05, 4.69) is 6.58 Å². The third-order valence-corrected chi connectivity index (χ3v) is 3.28. The summed E-state index contributed by atoms with van der Waals surface area (Å²) in [7, 11) is 0. The van der Waals surface area contributed by atoms with Crippen LogP contribution in [0.5, 0.6) is 0 Å². The van der Waals surface area contributed by atoms with Crippen molar-refractivity contribution in [2.45, 2.75) is 31.0 Å². The Morgan fingerprint density at radius 1 is 1.61 bits per heavy atom. The van der Waals surface area contributed by atoms with E-state index < -0.39 is 24.0 Å². The van der Waals surface area contributed by atoms with E-state index >= 15 is 0 Å². The number of nitrogens with two attached hydrogens (primary N) is 1. The van der Waals surface area contributed by atoms with Crippen LogP contribution in [0.4, 0.5) is 0 Å². The van der Waals surface area contributed by atoms with Gasteiger partial charge in [0.2, 0.25) is 0 Å². The lowest BCUT2D eigenvalue weighted by atomic mass is 9.95. The van der Waals surface area contributed by atoms with E-state index in [9.17, 15) is 10.2 Å². The molecule has 1 unspecified atom stereocenters. The fourth-order valence-electron chi connectivity index (χ4n) is 2.20. The summed E-state index contributed by atoms with van der Waals surface area (Å²) in [5.41, 5.74) is 5.21. The van der Waals surface area contributed by atoms with Gasteiger partial charge in [0.1, 0.15) is 17.8 Å². The normalized spacial score (nSPS) is 40.2. The van der Waals surface area contributed by atoms with Crippen molar-refractivity contribution in [3.63, 3.8) is 0 Å². The molecule has 6 nitrogen and oxygen atoms in total. The maximum absolute atomic E-state index is 10.3. The van der Waals surface area contributed by atoms with Crippen LogP contribution in [0, 0.1) is 0 Å². The first kappa shape index (κ1) is 13.1. The molecule has 0 aliphatic carbocycles. The molecule has 0 amide bonds. The monoisotopic (exact) mass is 254 g/mol. The second-order valence-electron chi connectivity index (χ2n) is 4.74. The van der Waals surface area contributed by atoms with E-state index in [0.717, 1.165) is 0 Å². The van der Waals surface area contributed by atoms with Crippen molar-refractivity contribution in [2.75, 3.05) is 6.61 Å². The van der Waals surface area contributed by atoms with Gasteiger partial charge in [-0.3, -0.25) is 0 Å². The van der Waals surface area contributed by atoms with Gasteiger partial charge >= 0.3 is 0 Å². The Hall–Kier alpha value is -1.34. The van der Waals surface area contributed by atoms with Gasteiger partial charge in [0.05, 0.1) is 6.61 Å². The minimum absolute atomic E-state index is 0.365. The van der Waals surface area contributed by atoms with E-state index in [1.165, 1.54) is 6.92 Å². The molecule has 1 fully saturated rings. The zero-order chi connectivity index (χ0) is 13.5. The van der Waals surface area contributed by atoms with Crippen LogP contribution in [0.15, 0.2) is 36.3 Å². The van der Waals surface area contributed by atoms with E-state index in [-0.39, 0.29) is 6.61 Å². The molecule has 1 saturated heterocycles. The molecule has 0 radical (unpaired) electrons. The number of hydrogen-bond acceptors (Lipinski definition) is 6. The van der Waals surface area contributed by atoms with Gasteiger partial charge < -0.3 is 30.7 Å². The molecule has 5 N–H and O–H groups in total. The van der Waals surface area contributed by atoms with Gasteiger partial charge in [-0.15, -0.1) is 0 Å². The first-order valence-corrected chi connectivity index (χ1v) is 5.67. The second kappa shape index (κ2) is 4.40. The van der Waals surface area contributed by atoms with Gasteiger partial charge in [-0.1, -0.05) is 6.58 Å². The lowest BCUT2D eigenvalue weighted by Crippen LogP contribution is -2.51. The highest BCUT2D eigenvalue weighted by atomic mass is 16.6. The smallest absolute Gasteiger partial charge is 0.165 e. The summed E-state index contributed by atoms with van der Waals surface area (Å²) in [6.07, 6.45) is 2.10. The number of nitrogens with zero attached hydrogens (tertiary/aromatic N) is 1. The molecule has 18 heavy (non-hydrogen) atoms. The Labute approximate surface area is 105 Å². The van der Waals surface area contributed by atoms with Gasteiger partial charge in [0.15, 0.2) is 6.23 Å². The quantitative estimate of drug-likeness (QED) is 0.504. The summed E-state index contributed by atoms with van der Waals surface area (Å²) >= 11 is 0. The number of allylic oxidation sites excluding steroid dienone is 2. The van der Waals surface area contributed by atoms with Crippen molar-refractivity contribution >= 4 is 0 Å². The summed E-state index contributed by atoms with van der Waals surface area (Å²) in [4.78, 5) is 1.58. The Bertz CT molecular complexity index is 416. The van der Waals surface area contributed by atoms with Crippen LogP contribution in [0.25, 0.3) is 0 Å². The number of aliphatic hydroxyl groups excluding tert-OH is 2. The summed E-state index contributed by atoms with van der Waals surface area (Å²) < 4.78 is 5.48. The van der Waals surface area contributed by atoms with E-state index in [1.807, 2.05) is 0 Å². The molecular weight excluding hydrogens is 236 g/mol. The van der Waals surface area contributed by atoms with Crippen LogP contribution in [-0.2, 0) is 4.74 Å². The van der Waals surface area contributed by atoms with Gasteiger partial charge in [-0.05, 0) is 19.1 Å². The largest absolute Gasteiger partial charge is 0.399 e. The van der Waals surface area contributed by atoms with Crippen LogP contribution >= 0.6 is 0 Å². The average molecular weight is 254 g/mol.